The Balaban J connectivity index is 2.66. The maximum absolute atomic E-state index is 10.8. The third kappa shape index (κ3) is 1.48. The minimum absolute atomic E-state index is 0.0572. The number of nitro groups is 1. The Morgan fingerprint density at radius 2 is 2.25 bits per heavy atom. The fourth-order valence-electron chi connectivity index (χ4n) is 1.27. The van der Waals surface area contributed by atoms with Gasteiger partial charge in [0, 0.05) is 24.7 Å². The SMILES string of the molecule is N#Cc1nccn1-c1ncccc1[N+](=O)[O-]. The summed E-state index contributed by atoms with van der Waals surface area (Å²) in [5.41, 5.74) is -0.169. The van der Waals surface area contributed by atoms with Crippen LogP contribution in [0.25, 0.3) is 5.82 Å². The predicted molar refractivity (Wildman–Crippen MR) is 52.7 cm³/mol. The van der Waals surface area contributed by atoms with Crippen LogP contribution in [0.15, 0.2) is 30.7 Å². The van der Waals surface area contributed by atoms with Crippen molar-refractivity contribution in [1.82, 2.24) is 14.5 Å². The van der Waals surface area contributed by atoms with Crippen LogP contribution in [0.3, 0.4) is 0 Å². The van der Waals surface area contributed by atoms with Gasteiger partial charge in [0.25, 0.3) is 0 Å². The minimum atomic E-state index is -0.552. The number of hydrogen-bond acceptors (Lipinski definition) is 5. The number of aromatic nitrogens is 3. The fourth-order valence-corrected chi connectivity index (χ4v) is 1.27. The van der Waals surface area contributed by atoms with Crippen molar-refractivity contribution in [2.24, 2.45) is 0 Å². The summed E-state index contributed by atoms with van der Waals surface area (Å²) in [6, 6.07) is 4.62. The highest BCUT2D eigenvalue weighted by atomic mass is 16.6. The summed E-state index contributed by atoms with van der Waals surface area (Å²) in [4.78, 5) is 17.8. The Labute approximate surface area is 89.8 Å². The molecule has 7 nitrogen and oxygen atoms in total. The van der Waals surface area contributed by atoms with Gasteiger partial charge >= 0.3 is 5.69 Å². The lowest BCUT2D eigenvalue weighted by Crippen LogP contribution is -2.03. The third-order valence-electron chi connectivity index (χ3n) is 1.93. The molecule has 0 saturated carbocycles. The highest BCUT2D eigenvalue weighted by Gasteiger charge is 2.17. The van der Waals surface area contributed by atoms with Crippen LogP contribution in [0.2, 0.25) is 0 Å². The van der Waals surface area contributed by atoms with Crippen LogP contribution >= 0.6 is 0 Å². The molecule has 0 fully saturated rings. The van der Waals surface area contributed by atoms with Crippen molar-refractivity contribution >= 4 is 5.69 Å². The molecule has 0 aliphatic rings. The summed E-state index contributed by atoms with van der Waals surface area (Å²) >= 11 is 0. The standard InChI is InChI=1S/C9H5N5O2/c10-6-8-11-4-5-13(8)9-7(14(15)16)2-1-3-12-9/h1-5H. The van der Waals surface area contributed by atoms with Crippen LogP contribution in [-0.4, -0.2) is 19.5 Å². The Morgan fingerprint density at radius 1 is 1.44 bits per heavy atom. The zero-order valence-electron chi connectivity index (χ0n) is 7.94. The number of pyridine rings is 1. The molecule has 2 heterocycles. The lowest BCUT2D eigenvalue weighted by molar-refractivity contribution is -0.384. The van der Waals surface area contributed by atoms with Gasteiger partial charge in [0.2, 0.25) is 11.6 Å². The van der Waals surface area contributed by atoms with Gasteiger partial charge < -0.3 is 0 Å². The van der Waals surface area contributed by atoms with Crippen LogP contribution < -0.4 is 0 Å². The van der Waals surface area contributed by atoms with Crippen LogP contribution in [-0.2, 0) is 0 Å². The molecule has 0 spiro atoms. The minimum Gasteiger partial charge on any atom is -0.270 e. The van der Waals surface area contributed by atoms with E-state index in [-0.39, 0.29) is 17.3 Å². The van der Waals surface area contributed by atoms with E-state index in [1.165, 1.54) is 35.3 Å². The van der Waals surface area contributed by atoms with Gasteiger partial charge in [-0.3, -0.25) is 14.7 Å². The summed E-state index contributed by atoms with van der Waals surface area (Å²) < 4.78 is 1.28. The summed E-state index contributed by atoms with van der Waals surface area (Å²) in [6.07, 6.45) is 4.26. The normalized spacial score (nSPS) is 9.69. The second kappa shape index (κ2) is 3.78. The zero-order valence-corrected chi connectivity index (χ0v) is 7.94. The molecule has 2 aromatic rings. The van der Waals surface area contributed by atoms with Crippen LogP contribution in [0.4, 0.5) is 5.69 Å². The predicted octanol–water partition coefficient (Wildman–Crippen LogP) is 1.05. The molecule has 0 amide bonds. The first kappa shape index (κ1) is 9.79. The number of imidazole rings is 1. The molecule has 16 heavy (non-hydrogen) atoms. The molecule has 0 aliphatic heterocycles. The average molecular weight is 215 g/mol. The number of hydrogen-bond donors (Lipinski definition) is 0. The van der Waals surface area contributed by atoms with Gasteiger partial charge in [-0.15, -0.1) is 0 Å². The Bertz CT molecular complexity index is 584. The molecule has 2 rings (SSSR count). The quantitative estimate of drug-likeness (QED) is 0.550. The molecule has 78 valence electrons. The average Bonchev–Trinajstić information content (AvgIpc) is 2.76. The summed E-state index contributed by atoms with van der Waals surface area (Å²) in [7, 11) is 0. The second-order valence-corrected chi connectivity index (χ2v) is 2.84. The van der Waals surface area contributed by atoms with Gasteiger partial charge in [-0.1, -0.05) is 0 Å². The van der Waals surface area contributed by atoms with E-state index in [0.717, 1.165) is 0 Å². The Kier molecular flexibility index (Phi) is 2.31. The molecule has 0 saturated heterocycles. The molecule has 0 N–H and O–H groups in total. The maximum Gasteiger partial charge on any atom is 0.312 e. The van der Waals surface area contributed by atoms with Crippen molar-refractivity contribution in [2.45, 2.75) is 0 Å². The topological polar surface area (TPSA) is 97.6 Å². The van der Waals surface area contributed by atoms with Crippen molar-refractivity contribution in [3.8, 4) is 11.9 Å². The van der Waals surface area contributed by atoms with Gasteiger partial charge in [-0.2, -0.15) is 5.26 Å². The molecule has 0 radical (unpaired) electrons. The molecule has 2 aromatic heterocycles. The van der Waals surface area contributed by atoms with Crippen LogP contribution in [0.1, 0.15) is 5.82 Å². The first-order chi connectivity index (χ1) is 7.74. The van der Waals surface area contributed by atoms with Gasteiger partial charge in [0.15, 0.2) is 0 Å². The molecule has 0 unspecified atom stereocenters. The molecule has 7 heteroatoms. The van der Waals surface area contributed by atoms with Gasteiger partial charge in [-0.25, -0.2) is 9.97 Å². The molecular formula is C9H5N5O2. The van der Waals surface area contributed by atoms with E-state index in [9.17, 15) is 10.1 Å². The Morgan fingerprint density at radius 3 is 2.94 bits per heavy atom. The van der Waals surface area contributed by atoms with E-state index in [0.29, 0.717) is 0 Å². The fraction of sp³-hybridized carbons (Fsp3) is 0. The van der Waals surface area contributed by atoms with E-state index in [2.05, 4.69) is 9.97 Å². The van der Waals surface area contributed by atoms with Gasteiger partial charge in [0.1, 0.15) is 6.07 Å². The van der Waals surface area contributed by atoms with E-state index in [4.69, 9.17) is 5.26 Å². The van der Waals surface area contributed by atoms with Crippen LogP contribution in [0, 0.1) is 21.4 Å². The Hall–Kier alpha value is -2.75. The number of nitrogens with zero attached hydrogens (tertiary/aromatic N) is 5. The van der Waals surface area contributed by atoms with Gasteiger partial charge in [0.05, 0.1) is 4.92 Å². The molecule has 0 atom stereocenters. The first-order valence-electron chi connectivity index (χ1n) is 4.27. The van der Waals surface area contributed by atoms with Crippen molar-refractivity contribution < 1.29 is 4.92 Å². The van der Waals surface area contributed by atoms with Crippen molar-refractivity contribution in [3.63, 3.8) is 0 Å². The van der Waals surface area contributed by atoms with E-state index < -0.39 is 4.92 Å². The van der Waals surface area contributed by atoms with Gasteiger partial charge in [-0.05, 0) is 6.07 Å². The summed E-state index contributed by atoms with van der Waals surface area (Å²) in [5.74, 6) is 0.142. The van der Waals surface area contributed by atoms with Crippen molar-refractivity contribution in [1.29, 1.82) is 5.26 Å². The maximum atomic E-state index is 10.8. The largest absolute Gasteiger partial charge is 0.312 e. The zero-order chi connectivity index (χ0) is 11.5. The smallest absolute Gasteiger partial charge is 0.270 e. The number of rotatable bonds is 2. The third-order valence-corrected chi connectivity index (χ3v) is 1.93. The highest BCUT2D eigenvalue weighted by molar-refractivity contribution is 5.47. The lowest BCUT2D eigenvalue weighted by atomic mass is 10.4. The summed E-state index contributed by atoms with van der Waals surface area (Å²) in [6.45, 7) is 0. The van der Waals surface area contributed by atoms with Crippen molar-refractivity contribution in [3.05, 3.63) is 46.7 Å². The van der Waals surface area contributed by atoms with E-state index in [1.54, 1.807) is 0 Å². The lowest BCUT2D eigenvalue weighted by Gasteiger charge is -2.02. The highest BCUT2D eigenvalue weighted by Crippen LogP contribution is 2.20. The first-order valence-corrected chi connectivity index (χ1v) is 4.27. The molecule has 0 aromatic carbocycles. The number of nitriles is 1. The molecular weight excluding hydrogens is 210 g/mol. The molecule has 0 bridgehead atoms. The summed E-state index contributed by atoms with van der Waals surface area (Å²) in [5, 5.41) is 19.5. The monoisotopic (exact) mass is 215 g/mol. The van der Waals surface area contributed by atoms with E-state index >= 15 is 0 Å². The van der Waals surface area contributed by atoms with Crippen molar-refractivity contribution in [2.75, 3.05) is 0 Å². The van der Waals surface area contributed by atoms with Crippen LogP contribution in [0.5, 0.6) is 0 Å². The van der Waals surface area contributed by atoms with E-state index in [1.807, 2.05) is 6.07 Å². The second-order valence-electron chi connectivity index (χ2n) is 2.84. The molecule has 0 aliphatic carbocycles.